The van der Waals surface area contributed by atoms with Crippen LogP contribution in [0.5, 0.6) is 5.75 Å². The summed E-state index contributed by atoms with van der Waals surface area (Å²) in [6.45, 7) is 15.2. The summed E-state index contributed by atoms with van der Waals surface area (Å²) in [5.41, 5.74) is -0.848. The van der Waals surface area contributed by atoms with Gasteiger partial charge >= 0.3 is 0 Å². The van der Waals surface area contributed by atoms with Gasteiger partial charge in [0.05, 0.1) is 5.56 Å². The normalized spacial score (nSPS) is 42.6. The molecule has 3 bridgehead atoms. The number of carbonyl (C=O) groups is 4. The van der Waals surface area contributed by atoms with Crippen molar-refractivity contribution in [3.05, 3.63) is 51.6 Å². The molecule has 2 spiro atoms. The van der Waals surface area contributed by atoms with Gasteiger partial charge in [-0.1, -0.05) is 45.4 Å². The molecule has 2 fully saturated rings. The van der Waals surface area contributed by atoms with Crippen molar-refractivity contribution >= 4 is 23.3 Å². The lowest BCUT2D eigenvalue weighted by Crippen LogP contribution is -2.77. The molecular formula is C33H39NO6. The Morgan fingerprint density at radius 2 is 1.75 bits per heavy atom. The van der Waals surface area contributed by atoms with Crippen LogP contribution in [0.15, 0.2) is 29.4 Å². The van der Waals surface area contributed by atoms with Crippen LogP contribution < -0.4 is 5.32 Å². The van der Waals surface area contributed by atoms with Crippen LogP contribution >= 0.6 is 0 Å². The molecule has 7 rings (SSSR count). The molecule has 1 aromatic rings. The average molecular weight is 546 g/mol. The topological polar surface area (TPSA) is 110 Å². The van der Waals surface area contributed by atoms with E-state index in [2.05, 4.69) is 11.4 Å². The monoisotopic (exact) mass is 545 g/mol. The molecule has 6 aliphatic rings. The second kappa shape index (κ2) is 8.25. The summed E-state index contributed by atoms with van der Waals surface area (Å²) in [6, 6.07) is 1.64. The maximum Gasteiger partial charge on any atom is 0.224 e. The van der Waals surface area contributed by atoms with Crippen molar-refractivity contribution in [1.82, 2.24) is 5.32 Å². The first-order chi connectivity index (χ1) is 18.6. The summed E-state index contributed by atoms with van der Waals surface area (Å²) in [5, 5.41) is 14.3. The average Bonchev–Trinajstić information content (AvgIpc) is 3.10. The minimum Gasteiger partial charge on any atom is -0.507 e. The van der Waals surface area contributed by atoms with Gasteiger partial charge in [0.1, 0.15) is 22.5 Å². The lowest BCUT2D eigenvalue weighted by Gasteiger charge is -2.68. The van der Waals surface area contributed by atoms with Crippen molar-refractivity contribution < 1.29 is 29.0 Å². The van der Waals surface area contributed by atoms with Gasteiger partial charge in [-0.05, 0) is 63.2 Å². The molecule has 1 aromatic carbocycles. The minimum atomic E-state index is -1.38. The summed E-state index contributed by atoms with van der Waals surface area (Å²) in [4.78, 5) is 56.5. The first-order valence-electron chi connectivity index (χ1n) is 14.5. The minimum absolute atomic E-state index is 0.0680. The zero-order valence-electron chi connectivity index (χ0n) is 24.6. The van der Waals surface area contributed by atoms with Gasteiger partial charge in [0.25, 0.3) is 0 Å². The highest BCUT2D eigenvalue weighted by molar-refractivity contribution is 6.17. The number of aryl methyl sites for hydroxylation is 1. The summed E-state index contributed by atoms with van der Waals surface area (Å²) in [6.07, 6.45) is 4.65. The van der Waals surface area contributed by atoms with Gasteiger partial charge in [0.2, 0.25) is 5.91 Å². The Morgan fingerprint density at radius 1 is 1.07 bits per heavy atom. The molecule has 0 aromatic heterocycles. The summed E-state index contributed by atoms with van der Waals surface area (Å²) in [7, 11) is 0. The number of rotatable bonds is 2. The van der Waals surface area contributed by atoms with E-state index >= 15 is 0 Å². The van der Waals surface area contributed by atoms with Crippen LogP contribution in [0.4, 0.5) is 0 Å². The molecule has 8 atom stereocenters. The molecule has 3 aliphatic heterocycles. The number of hydrogen-bond donors (Lipinski definition) is 2. The highest BCUT2D eigenvalue weighted by Gasteiger charge is 2.78. The van der Waals surface area contributed by atoms with Crippen LogP contribution in [0.25, 0.3) is 0 Å². The Kier molecular flexibility index (Phi) is 5.59. The van der Waals surface area contributed by atoms with Crippen LogP contribution in [0.3, 0.4) is 0 Å². The van der Waals surface area contributed by atoms with Crippen LogP contribution in [0.1, 0.15) is 93.2 Å². The fraction of sp³-hybridized carbons (Fsp3) is 0.576. The van der Waals surface area contributed by atoms with Gasteiger partial charge in [-0.25, -0.2) is 0 Å². The quantitative estimate of drug-likeness (QED) is 0.508. The number of hydrogen-bond acceptors (Lipinski definition) is 6. The number of benzene rings is 1. The summed E-state index contributed by atoms with van der Waals surface area (Å²) < 4.78 is 6.69. The molecule has 7 heteroatoms. The molecule has 1 amide bonds. The van der Waals surface area contributed by atoms with E-state index in [1.807, 2.05) is 47.6 Å². The standard InChI is InChI=1S/C33H39NO6/c1-14(2)9-21-23-19(7)25(35)16(4)10-15(3)11-18(6)27-31(8)29(38)22-24-20(12-17(5)26(22)36)28(37)32(23,34-30(21)39)13-33(24,27)40-31/h10-12,14-15,19,21,23,27,36H,9,13H2,1-8H3,(H,34,39)/b16-10-,18-11-/t15-,19-,21+,23+,27+,31-,32-,33-/m0/s1. The van der Waals surface area contributed by atoms with Gasteiger partial charge in [-0.15, -0.1) is 0 Å². The SMILES string of the molecule is C/C1=C/[C@H](C)/C=C(/C)[C@H]2[C@]34C[C@@]5(NC(=O)[C@H](CC(C)C)[C@H]5[C@H](C)C1=O)C(=O)c1cc(C)c(O)c(c13)C(=O)[C@@]2(C)O4. The predicted octanol–water partition coefficient (Wildman–Crippen LogP) is 4.98. The fourth-order valence-electron chi connectivity index (χ4n) is 9.28. The van der Waals surface area contributed by atoms with E-state index in [0.29, 0.717) is 28.7 Å². The van der Waals surface area contributed by atoms with Crippen molar-refractivity contribution in [3.8, 4) is 5.75 Å². The van der Waals surface area contributed by atoms with Crippen molar-refractivity contribution in [2.45, 2.75) is 85.0 Å². The van der Waals surface area contributed by atoms with Crippen molar-refractivity contribution in [3.63, 3.8) is 0 Å². The Hall–Kier alpha value is -3.06. The molecule has 0 unspecified atom stereocenters. The third-order valence-electron chi connectivity index (χ3n) is 10.4. The van der Waals surface area contributed by atoms with Gasteiger partial charge in [-0.2, -0.15) is 0 Å². The number of Topliss-reactive ketones (excluding diaryl/α,β-unsaturated/α-hetero) is 3. The fourth-order valence-corrected chi connectivity index (χ4v) is 9.28. The Morgan fingerprint density at radius 3 is 2.40 bits per heavy atom. The van der Waals surface area contributed by atoms with E-state index < -0.39 is 40.4 Å². The molecule has 40 heavy (non-hydrogen) atoms. The largest absolute Gasteiger partial charge is 0.507 e. The van der Waals surface area contributed by atoms with E-state index in [-0.39, 0.29) is 52.8 Å². The van der Waals surface area contributed by atoms with Gasteiger partial charge in [-0.3, -0.25) is 19.2 Å². The second-order valence-corrected chi connectivity index (χ2v) is 13.7. The molecule has 2 N–H and O–H groups in total. The molecule has 3 heterocycles. The van der Waals surface area contributed by atoms with E-state index in [9.17, 15) is 24.3 Å². The van der Waals surface area contributed by atoms with E-state index in [0.717, 1.165) is 5.57 Å². The van der Waals surface area contributed by atoms with Crippen molar-refractivity contribution in [1.29, 1.82) is 0 Å². The van der Waals surface area contributed by atoms with Gasteiger partial charge in [0, 0.05) is 41.2 Å². The van der Waals surface area contributed by atoms with E-state index in [4.69, 9.17) is 4.74 Å². The molecule has 212 valence electrons. The summed E-state index contributed by atoms with van der Waals surface area (Å²) >= 11 is 0. The van der Waals surface area contributed by atoms with E-state index in [1.54, 1.807) is 19.9 Å². The zero-order chi connectivity index (χ0) is 29.3. The number of ketones is 3. The molecule has 3 aliphatic carbocycles. The van der Waals surface area contributed by atoms with Crippen LogP contribution in [0.2, 0.25) is 0 Å². The predicted molar refractivity (Wildman–Crippen MR) is 149 cm³/mol. The molecule has 0 saturated carbocycles. The summed E-state index contributed by atoms with van der Waals surface area (Å²) in [5.74, 6) is -3.07. The number of phenols is 1. The lowest BCUT2D eigenvalue weighted by atomic mass is 9.47. The third-order valence-corrected chi connectivity index (χ3v) is 10.4. The third kappa shape index (κ3) is 3.10. The molecule has 2 saturated heterocycles. The number of amides is 1. The van der Waals surface area contributed by atoms with Gasteiger partial charge in [0.15, 0.2) is 17.3 Å². The highest BCUT2D eigenvalue weighted by atomic mass is 16.6. The Balaban J connectivity index is 1.72. The Bertz CT molecular complexity index is 1480. The first kappa shape index (κ1) is 27.1. The molecule has 7 nitrogen and oxygen atoms in total. The molecule has 0 radical (unpaired) electrons. The first-order valence-corrected chi connectivity index (χ1v) is 14.5. The number of nitrogens with one attached hydrogen (secondary N) is 1. The number of ether oxygens (including phenoxy) is 1. The highest BCUT2D eigenvalue weighted by Crippen LogP contribution is 2.70. The second-order valence-electron chi connectivity index (χ2n) is 13.7. The van der Waals surface area contributed by atoms with Crippen LogP contribution in [0, 0.1) is 42.4 Å². The molecular weight excluding hydrogens is 506 g/mol. The number of phenolic OH excluding ortho intramolecular Hbond substituents is 1. The number of aromatic hydroxyl groups is 1. The van der Waals surface area contributed by atoms with Crippen LogP contribution in [-0.2, 0) is 19.9 Å². The van der Waals surface area contributed by atoms with Gasteiger partial charge < -0.3 is 15.2 Å². The van der Waals surface area contributed by atoms with E-state index in [1.165, 1.54) is 0 Å². The Labute approximate surface area is 235 Å². The lowest BCUT2D eigenvalue weighted by molar-refractivity contribution is -0.303. The maximum absolute atomic E-state index is 14.8. The number of allylic oxidation sites excluding steroid dienone is 3. The maximum atomic E-state index is 14.8. The van der Waals surface area contributed by atoms with Crippen LogP contribution in [-0.4, -0.2) is 39.5 Å². The number of carbonyl (C=O) groups excluding carboxylic acids is 4. The zero-order valence-corrected chi connectivity index (χ0v) is 24.6. The smallest absolute Gasteiger partial charge is 0.224 e. The van der Waals surface area contributed by atoms with Crippen molar-refractivity contribution in [2.24, 2.45) is 35.5 Å². The van der Waals surface area contributed by atoms with Crippen molar-refractivity contribution in [2.75, 3.05) is 0 Å².